The van der Waals surface area contributed by atoms with Crippen molar-refractivity contribution >= 4 is 27.4 Å². The second kappa shape index (κ2) is 5.35. The van der Waals surface area contributed by atoms with E-state index in [1.807, 2.05) is 17.9 Å². The molecule has 116 valence electrons. The van der Waals surface area contributed by atoms with Gasteiger partial charge >= 0.3 is 0 Å². The van der Waals surface area contributed by atoms with Crippen molar-refractivity contribution in [3.63, 3.8) is 0 Å². The van der Waals surface area contributed by atoms with E-state index in [4.69, 9.17) is 0 Å². The fraction of sp³-hybridized carbons (Fsp3) is 0.438. The number of nitrogens with one attached hydrogen (secondary N) is 1. The highest BCUT2D eigenvalue weighted by Gasteiger charge is 2.28. The van der Waals surface area contributed by atoms with E-state index in [2.05, 4.69) is 59.7 Å². The predicted molar refractivity (Wildman–Crippen MR) is 91.2 cm³/mol. The van der Waals surface area contributed by atoms with E-state index in [1.54, 1.807) is 17.7 Å². The molecule has 0 aliphatic carbocycles. The highest BCUT2D eigenvalue weighted by Crippen LogP contribution is 2.37. The number of anilines is 1. The number of hydrogen-bond acceptors (Lipinski definition) is 5. The third kappa shape index (κ3) is 2.70. The lowest BCUT2D eigenvalue weighted by Crippen LogP contribution is -2.26. The van der Waals surface area contributed by atoms with Gasteiger partial charge in [0.25, 0.3) is 0 Å². The Morgan fingerprint density at radius 1 is 1.27 bits per heavy atom. The first-order valence-corrected chi connectivity index (χ1v) is 8.18. The van der Waals surface area contributed by atoms with Gasteiger partial charge in [0, 0.05) is 18.8 Å². The van der Waals surface area contributed by atoms with Crippen molar-refractivity contribution in [1.82, 2.24) is 19.7 Å². The Balaban J connectivity index is 2.05. The summed E-state index contributed by atoms with van der Waals surface area (Å²) < 4.78 is 1.83. The smallest absolute Gasteiger partial charge is 0.138 e. The standard InChI is InChI=1S/C16H21N5S/c1-10-8-22-15-12(10)14(17-9-18-15)20-13(16(2,3)4)11-6-19-21(5)7-11/h6-9,13H,1-5H3,(H,17,18,20). The molecule has 0 saturated heterocycles. The van der Waals surface area contributed by atoms with Crippen LogP contribution in [-0.4, -0.2) is 19.7 Å². The molecule has 0 saturated carbocycles. The molecule has 3 aromatic rings. The Morgan fingerprint density at radius 2 is 2.05 bits per heavy atom. The number of aryl methyl sites for hydroxylation is 2. The minimum atomic E-state index is 0.0320. The number of hydrogen-bond donors (Lipinski definition) is 1. The van der Waals surface area contributed by atoms with Crippen molar-refractivity contribution in [3.05, 3.63) is 35.2 Å². The number of fused-ring (bicyclic) bond motifs is 1. The molecule has 22 heavy (non-hydrogen) atoms. The van der Waals surface area contributed by atoms with Crippen LogP contribution in [-0.2, 0) is 7.05 Å². The topological polar surface area (TPSA) is 55.6 Å². The largest absolute Gasteiger partial charge is 0.362 e. The van der Waals surface area contributed by atoms with Gasteiger partial charge in [0.05, 0.1) is 17.6 Å². The van der Waals surface area contributed by atoms with Gasteiger partial charge in [0.15, 0.2) is 0 Å². The van der Waals surface area contributed by atoms with Crippen molar-refractivity contribution in [2.75, 3.05) is 5.32 Å². The third-order valence-corrected chi connectivity index (χ3v) is 4.76. The Morgan fingerprint density at radius 3 is 2.68 bits per heavy atom. The monoisotopic (exact) mass is 315 g/mol. The first-order chi connectivity index (χ1) is 10.4. The molecule has 0 fully saturated rings. The Hall–Kier alpha value is -1.95. The molecule has 3 heterocycles. The van der Waals surface area contributed by atoms with Gasteiger partial charge in [-0.1, -0.05) is 20.8 Å². The van der Waals surface area contributed by atoms with Crippen LogP contribution in [0.3, 0.4) is 0 Å². The average Bonchev–Trinajstić information content (AvgIpc) is 3.02. The van der Waals surface area contributed by atoms with E-state index >= 15 is 0 Å². The number of aromatic nitrogens is 4. The fourth-order valence-corrected chi connectivity index (χ4v) is 3.54. The molecule has 6 heteroatoms. The second-order valence-corrected chi connectivity index (χ2v) is 7.57. The predicted octanol–water partition coefficient (Wildman–Crippen LogP) is 3.93. The molecule has 0 aliphatic heterocycles. The molecule has 5 nitrogen and oxygen atoms in total. The van der Waals surface area contributed by atoms with Gasteiger partial charge in [0.2, 0.25) is 0 Å². The minimum absolute atomic E-state index is 0.0320. The summed E-state index contributed by atoms with van der Waals surface area (Å²) in [5, 5.41) is 11.2. The normalized spacial score (nSPS) is 13.5. The molecule has 0 aliphatic rings. The minimum Gasteiger partial charge on any atom is -0.362 e. The van der Waals surface area contributed by atoms with Crippen LogP contribution < -0.4 is 5.32 Å². The summed E-state index contributed by atoms with van der Waals surface area (Å²) in [5.41, 5.74) is 2.40. The molecule has 1 N–H and O–H groups in total. The van der Waals surface area contributed by atoms with Crippen molar-refractivity contribution < 1.29 is 0 Å². The quantitative estimate of drug-likeness (QED) is 0.795. The van der Waals surface area contributed by atoms with E-state index in [0.717, 1.165) is 21.6 Å². The van der Waals surface area contributed by atoms with Gasteiger partial charge < -0.3 is 5.32 Å². The molecule has 3 aromatic heterocycles. The lowest BCUT2D eigenvalue weighted by atomic mass is 9.83. The molecule has 0 bridgehead atoms. The van der Waals surface area contributed by atoms with Crippen LogP contribution in [0.2, 0.25) is 0 Å². The number of rotatable bonds is 3. The average molecular weight is 315 g/mol. The van der Waals surface area contributed by atoms with Gasteiger partial charge in [0.1, 0.15) is 17.0 Å². The molecule has 0 amide bonds. The van der Waals surface area contributed by atoms with Crippen LogP contribution >= 0.6 is 11.3 Å². The maximum absolute atomic E-state index is 4.48. The summed E-state index contributed by atoms with van der Waals surface area (Å²) in [5.74, 6) is 0.896. The molecule has 1 atom stereocenters. The van der Waals surface area contributed by atoms with Crippen molar-refractivity contribution in [1.29, 1.82) is 0 Å². The summed E-state index contributed by atoms with van der Waals surface area (Å²) in [6.07, 6.45) is 5.60. The maximum atomic E-state index is 4.48. The van der Waals surface area contributed by atoms with E-state index < -0.39 is 0 Å². The molecular formula is C16H21N5S. The summed E-state index contributed by atoms with van der Waals surface area (Å²) in [6.45, 7) is 8.76. The zero-order valence-corrected chi connectivity index (χ0v) is 14.4. The van der Waals surface area contributed by atoms with Crippen molar-refractivity contribution in [3.8, 4) is 0 Å². The van der Waals surface area contributed by atoms with E-state index in [1.165, 1.54) is 5.56 Å². The summed E-state index contributed by atoms with van der Waals surface area (Å²) in [6, 6.07) is 0.124. The van der Waals surface area contributed by atoms with Crippen LogP contribution in [0.1, 0.15) is 37.9 Å². The number of nitrogens with zero attached hydrogens (tertiary/aromatic N) is 4. The fourth-order valence-electron chi connectivity index (χ4n) is 2.65. The molecule has 0 aromatic carbocycles. The SMILES string of the molecule is Cc1csc2ncnc(NC(c3cnn(C)c3)C(C)(C)C)c12. The van der Waals surface area contributed by atoms with Crippen molar-refractivity contribution in [2.24, 2.45) is 12.5 Å². The Labute approximate surface area is 134 Å². The van der Waals surface area contributed by atoms with Gasteiger partial charge in [-0.05, 0) is 23.3 Å². The summed E-state index contributed by atoms with van der Waals surface area (Å²) in [7, 11) is 1.94. The van der Waals surface area contributed by atoms with E-state index in [9.17, 15) is 0 Å². The van der Waals surface area contributed by atoms with Gasteiger partial charge in [-0.25, -0.2) is 9.97 Å². The maximum Gasteiger partial charge on any atom is 0.138 e. The van der Waals surface area contributed by atoms with Crippen LogP contribution in [0.4, 0.5) is 5.82 Å². The number of thiophene rings is 1. The van der Waals surface area contributed by atoms with Gasteiger partial charge in [-0.2, -0.15) is 5.10 Å². The van der Waals surface area contributed by atoms with Gasteiger partial charge in [-0.15, -0.1) is 11.3 Å². The summed E-state index contributed by atoms with van der Waals surface area (Å²) >= 11 is 1.66. The molecule has 1 unspecified atom stereocenters. The third-order valence-electron chi connectivity index (χ3n) is 3.76. The summed E-state index contributed by atoms with van der Waals surface area (Å²) in [4.78, 5) is 9.86. The highest BCUT2D eigenvalue weighted by molar-refractivity contribution is 7.17. The molecule has 3 rings (SSSR count). The molecular weight excluding hydrogens is 294 g/mol. The van der Waals surface area contributed by atoms with E-state index in [0.29, 0.717) is 0 Å². The zero-order chi connectivity index (χ0) is 15.9. The first-order valence-electron chi connectivity index (χ1n) is 7.30. The van der Waals surface area contributed by atoms with Gasteiger partial charge in [-0.3, -0.25) is 4.68 Å². The lowest BCUT2D eigenvalue weighted by Gasteiger charge is -2.31. The first kappa shape index (κ1) is 15.0. The second-order valence-electron chi connectivity index (χ2n) is 6.71. The van der Waals surface area contributed by atoms with Crippen LogP contribution in [0.5, 0.6) is 0 Å². The van der Waals surface area contributed by atoms with Crippen LogP contribution in [0.25, 0.3) is 10.2 Å². The highest BCUT2D eigenvalue weighted by atomic mass is 32.1. The van der Waals surface area contributed by atoms with Crippen molar-refractivity contribution in [2.45, 2.75) is 33.7 Å². The molecule has 0 spiro atoms. The van der Waals surface area contributed by atoms with E-state index in [-0.39, 0.29) is 11.5 Å². The molecule has 0 radical (unpaired) electrons. The van der Waals surface area contributed by atoms with Crippen LogP contribution in [0.15, 0.2) is 24.1 Å². The lowest BCUT2D eigenvalue weighted by molar-refractivity contribution is 0.347. The zero-order valence-electron chi connectivity index (χ0n) is 13.6. The van der Waals surface area contributed by atoms with Crippen LogP contribution in [0, 0.1) is 12.3 Å². The Bertz CT molecular complexity index is 796. The Kier molecular flexibility index (Phi) is 3.64.